The first-order valence-corrected chi connectivity index (χ1v) is 6.90. The number of fused-ring (bicyclic) bond motifs is 1. The van der Waals surface area contributed by atoms with Crippen molar-refractivity contribution in [1.82, 2.24) is 4.98 Å². The third kappa shape index (κ3) is 2.31. The summed E-state index contributed by atoms with van der Waals surface area (Å²) in [6.07, 6.45) is 0. The molecule has 1 heterocycles. The molecule has 0 fully saturated rings. The van der Waals surface area contributed by atoms with Crippen LogP contribution in [0.25, 0.3) is 22.6 Å². The molecular formula is C13H7BrCl2N2O. The molecule has 0 bridgehead atoms. The summed E-state index contributed by atoms with van der Waals surface area (Å²) in [6.45, 7) is 0. The highest BCUT2D eigenvalue weighted by molar-refractivity contribution is 9.10. The van der Waals surface area contributed by atoms with Crippen LogP contribution in [0, 0.1) is 0 Å². The van der Waals surface area contributed by atoms with Gasteiger partial charge in [0.05, 0.1) is 10.6 Å². The van der Waals surface area contributed by atoms with Gasteiger partial charge in [-0.15, -0.1) is 0 Å². The molecular weight excluding hydrogens is 351 g/mol. The van der Waals surface area contributed by atoms with Gasteiger partial charge in [-0.25, -0.2) is 4.98 Å². The van der Waals surface area contributed by atoms with Crippen molar-refractivity contribution < 1.29 is 4.42 Å². The molecule has 96 valence electrons. The molecule has 1 aromatic heterocycles. The lowest BCUT2D eigenvalue weighted by molar-refractivity contribution is 0.619. The van der Waals surface area contributed by atoms with Crippen LogP contribution < -0.4 is 5.73 Å². The van der Waals surface area contributed by atoms with Crippen molar-refractivity contribution >= 4 is 55.9 Å². The zero-order valence-electron chi connectivity index (χ0n) is 9.45. The van der Waals surface area contributed by atoms with Crippen LogP contribution in [0.4, 0.5) is 5.69 Å². The molecule has 0 unspecified atom stereocenters. The van der Waals surface area contributed by atoms with Gasteiger partial charge in [0.15, 0.2) is 5.58 Å². The van der Waals surface area contributed by atoms with Crippen molar-refractivity contribution in [1.29, 1.82) is 0 Å². The molecule has 3 rings (SSSR count). The largest absolute Gasteiger partial charge is 0.434 e. The van der Waals surface area contributed by atoms with Crippen LogP contribution in [-0.2, 0) is 0 Å². The lowest BCUT2D eigenvalue weighted by atomic mass is 10.2. The van der Waals surface area contributed by atoms with E-state index in [4.69, 9.17) is 33.4 Å². The number of oxazole rings is 1. The van der Waals surface area contributed by atoms with E-state index in [9.17, 15) is 0 Å². The van der Waals surface area contributed by atoms with Crippen LogP contribution in [0.5, 0.6) is 0 Å². The fourth-order valence-electron chi connectivity index (χ4n) is 1.78. The number of aromatic nitrogens is 1. The molecule has 0 radical (unpaired) electrons. The molecule has 19 heavy (non-hydrogen) atoms. The summed E-state index contributed by atoms with van der Waals surface area (Å²) < 4.78 is 6.49. The second kappa shape index (κ2) is 4.71. The Hall–Kier alpha value is -1.23. The van der Waals surface area contributed by atoms with Gasteiger partial charge in [0, 0.05) is 15.2 Å². The number of rotatable bonds is 1. The third-order valence-electron chi connectivity index (χ3n) is 2.63. The minimum absolute atomic E-state index is 0.438. The maximum Gasteiger partial charge on any atom is 0.228 e. The van der Waals surface area contributed by atoms with Crippen molar-refractivity contribution in [2.24, 2.45) is 0 Å². The summed E-state index contributed by atoms with van der Waals surface area (Å²) in [5, 5.41) is 0.960. The topological polar surface area (TPSA) is 52.0 Å². The van der Waals surface area contributed by atoms with Crippen molar-refractivity contribution in [3.8, 4) is 11.5 Å². The van der Waals surface area contributed by atoms with Crippen LogP contribution >= 0.6 is 39.1 Å². The second-order valence-electron chi connectivity index (χ2n) is 3.99. The number of nitrogen functional groups attached to an aromatic ring is 1. The van der Waals surface area contributed by atoms with E-state index in [0.29, 0.717) is 32.7 Å². The lowest BCUT2D eigenvalue weighted by Gasteiger charge is -2.00. The van der Waals surface area contributed by atoms with E-state index in [-0.39, 0.29) is 0 Å². The van der Waals surface area contributed by atoms with E-state index in [1.807, 2.05) is 6.07 Å². The highest BCUT2D eigenvalue weighted by Gasteiger charge is 2.14. The van der Waals surface area contributed by atoms with Crippen LogP contribution in [-0.4, -0.2) is 4.98 Å². The smallest absolute Gasteiger partial charge is 0.228 e. The van der Waals surface area contributed by atoms with E-state index in [1.165, 1.54) is 0 Å². The molecule has 0 saturated carbocycles. The van der Waals surface area contributed by atoms with Gasteiger partial charge in [-0.2, -0.15) is 0 Å². The Morgan fingerprint density at radius 2 is 1.95 bits per heavy atom. The van der Waals surface area contributed by atoms with Gasteiger partial charge in [0.2, 0.25) is 5.89 Å². The lowest BCUT2D eigenvalue weighted by Crippen LogP contribution is -1.86. The Kier molecular flexibility index (Phi) is 3.17. The Morgan fingerprint density at radius 1 is 1.16 bits per heavy atom. The summed E-state index contributed by atoms with van der Waals surface area (Å²) in [6, 6.07) is 8.74. The molecule has 2 aromatic carbocycles. The van der Waals surface area contributed by atoms with Gasteiger partial charge in [-0.1, -0.05) is 23.2 Å². The van der Waals surface area contributed by atoms with Crippen molar-refractivity contribution in [2.75, 3.05) is 5.73 Å². The first-order chi connectivity index (χ1) is 9.04. The number of nitrogens with two attached hydrogens (primary N) is 1. The maximum atomic E-state index is 6.08. The molecule has 0 saturated heterocycles. The van der Waals surface area contributed by atoms with Gasteiger partial charge in [-0.3, -0.25) is 0 Å². The quantitative estimate of drug-likeness (QED) is 0.613. The summed E-state index contributed by atoms with van der Waals surface area (Å²) in [5.74, 6) is 0.464. The first kappa shape index (κ1) is 12.8. The number of nitrogens with zero attached hydrogens (tertiary/aromatic N) is 1. The van der Waals surface area contributed by atoms with Crippen molar-refractivity contribution in [3.05, 3.63) is 44.8 Å². The number of anilines is 1. The highest BCUT2D eigenvalue weighted by Crippen LogP contribution is 2.35. The maximum absolute atomic E-state index is 6.08. The van der Waals surface area contributed by atoms with Crippen LogP contribution in [0.2, 0.25) is 10.0 Å². The summed E-state index contributed by atoms with van der Waals surface area (Å²) >= 11 is 15.5. The van der Waals surface area contributed by atoms with E-state index in [0.717, 1.165) is 10.0 Å². The molecule has 0 aliphatic carbocycles. The zero-order chi connectivity index (χ0) is 13.6. The van der Waals surface area contributed by atoms with E-state index in [2.05, 4.69) is 20.9 Å². The van der Waals surface area contributed by atoms with Gasteiger partial charge in [0.25, 0.3) is 0 Å². The molecule has 0 spiro atoms. The Balaban J connectivity index is 2.23. The van der Waals surface area contributed by atoms with Gasteiger partial charge in [0.1, 0.15) is 5.52 Å². The normalized spacial score (nSPS) is 11.1. The predicted molar refractivity (Wildman–Crippen MR) is 81.6 cm³/mol. The van der Waals surface area contributed by atoms with E-state index < -0.39 is 0 Å². The second-order valence-corrected chi connectivity index (χ2v) is 5.69. The van der Waals surface area contributed by atoms with Crippen LogP contribution in [0.1, 0.15) is 0 Å². The average molecular weight is 358 g/mol. The number of hydrogen-bond acceptors (Lipinski definition) is 3. The zero-order valence-corrected chi connectivity index (χ0v) is 12.6. The molecule has 2 N–H and O–H groups in total. The standard InChI is InChI=1S/C13H7BrCl2N2O/c14-9-5-7(17)1-2-8(9)13-18-11-4-6(15)3-10(16)12(11)19-13/h1-5H,17H2. The first-order valence-electron chi connectivity index (χ1n) is 5.35. The fourth-order valence-corrected chi connectivity index (χ4v) is 2.87. The molecule has 3 nitrogen and oxygen atoms in total. The highest BCUT2D eigenvalue weighted by atomic mass is 79.9. The molecule has 0 aliphatic rings. The van der Waals surface area contributed by atoms with E-state index in [1.54, 1.807) is 24.3 Å². The summed E-state index contributed by atoms with van der Waals surface area (Å²) in [7, 11) is 0. The average Bonchev–Trinajstić information content (AvgIpc) is 2.72. The van der Waals surface area contributed by atoms with Crippen molar-refractivity contribution in [2.45, 2.75) is 0 Å². The number of halogens is 3. The minimum atomic E-state index is 0.438. The SMILES string of the molecule is Nc1ccc(-c2nc3cc(Cl)cc(Cl)c3o2)c(Br)c1. The Morgan fingerprint density at radius 3 is 2.68 bits per heavy atom. The number of hydrogen-bond donors (Lipinski definition) is 1. The summed E-state index contributed by atoms with van der Waals surface area (Å²) in [5.41, 5.74) is 8.31. The van der Waals surface area contributed by atoms with Gasteiger partial charge in [-0.05, 0) is 46.3 Å². The van der Waals surface area contributed by atoms with E-state index >= 15 is 0 Å². The monoisotopic (exact) mass is 356 g/mol. The third-order valence-corrected chi connectivity index (χ3v) is 3.79. The molecule has 0 aliphatic heterocycles. The fraction of sp³-hybridized carbons (Fsp3) is 0. The predicted octanol–water partition coefficient (Wildman–Crippen LogP) is 5.15. The summed E-state index contributed by atoms with van der Waals surface area (Å²) in [4.78, 5) is 4.39. The minimum Gasteiger partial charge on any atom is -0.434 e. The van der Waals surface area contributed by atoms with Crippen LogP contribution in [0.15, 0.2) is 39.2 Å². The molecule has 0 atom stereocenters. The molecule has 6 heteroatoms. The van der Waals surface area contributed by atoms with Gasteiger partial charge >= 0.3 is 0 Å². The Bertz CT molecular complexity index is 786. The molecule has 3 aromatic rings. The Labute approximate surface area is 127 Å². The van der Waals surface area contributed by atoms with Crippen molar-refractivity contribution in [3.63, 3.8) is 0 Å². The van der Waals surface area contributed by atoms with Crippen LogP contribution in [0.3, 0.4) is 0 Å². The number of benzene rings is 2. The molecule has 0 amide bonds. The van der Waals surface area contributed by atoms with Gasteiger partial charge < -0.3 is 10.2 Å².